The maximum Gasteiger partial charge on any atom is 0.248 e. The van der Waals surface area contributed by atoms with Crippen molar-refractivity contribution in [2.75, 3.05) is 31.1 Å². The number of nitrogens with two attached hydrogens (primary N) is 1. The largest absolute Gasteiger partial charge is 0.368 e. The third-order valence-electron chi connectivity index (χ3n) is 5.62. The molecule has 1 fully saturated rings. The van der Waals surface area contributed by atoms with Crippen LogP contribution in [0.1, 0.15) is 27.4 Å². The summed E-state index contributed by atoms with van der Waals surface area (Å²) < 4.78 is 0. The van der Waals surface area contributed by atoms with Gasteiger partial charge in [0.05, 0.1) is 5.92 Å². The highest BCUT2D eigenvalue weighted by atomic mass is 16.2. The van der Waals surface area contributed by atoms with Gasteiger partial charge in [-0.3, -0.25) is 9.59 Å². The van der Waals surface area contributed by atoms with E-state index in [-0.39, 0.29) is 11.8 Å². The number of hydrogen-bond acceptors (Lipinski definition) is 3. The van der Waals surface area contributed by atoms with Gasteiger partial charge in [0.2, 0.25) is 11.8 Å². The summed E-state index contributed by atoms with van der Waals surface area (Å²) in [5.74, 6) is -0.588. The fraction of sp³-hybridized carbons (Fsp3) is 0.200. The summed E-state index contributed by atoms with van der Waals surface area (Å²) in [4.78, 5) is 29.0. The highest BCUT2D eigenvalue weighted by Gasteiger charge is 2.29. The molecule has 1 aliphatic heterocycles. The van der Waals surface area contributed by atoms with Crippen molar-refractivity contribution in [3.8, 4) is 0 Å². The lowest BCUT2D eigenvalue weighted by atomic mass is 9.90. The highest BCUT2D eigenvalue weighted by molar-refractivity contribution is 5.93. The lowest BCUT2D eigenvalue weighted by Gasteiger charge is -2.37. The number of nitrogens with zero attached hydrogens (tertiary/aromatic N) is 2. The summed E-state index contributed by atoms with van der Waals surface area (Å²) in [6, 6.07) is 27.2. The minimum atomic E-state index is -0.426. The molecule has 0 atom stereocenters. The molecule has 3 aromatic rings. The van der Waals surface area contributed by atoms with Crippen molar-refractivity contribution in [3.05, 3.63) is 102 Å². The first-order valence-corrected chi connectivity index (χ1v) is 10.2. The van der Waals surface area contributed by atoms with Crippen molar-refractivity contribution in [2.24, 2.45) is 5.73 Å². The minimum Gasteiger partial charge on any atom is -0.368 e. The molecular weight excluding hydrogens is 374 g/mol. The van der Waals surface area contributed by atoms with Gasteiger partial charge in [0.1, 0.15) is 0 Å². The summed E-state index contributed by atoms with van der Waals surface area (Å²) in [6.45, 7) is 2.81. The lowest BCUT2D eigenvalue weighted by Crippen LogP contribution is -2.50. The van der Waals surface area contributed by atoms with Crippen LogP contribution in [-0.4, -0.2) is 42.9 Å². The van der Waals surface area contributed by atoms with E-state index in [4.69, 9.17) is 5.73 Å². The Kier molecular flexibility index (Phi) is 5.80. The molecule has 0 unspecified atom stereocenters. The number of piperazine rings is 1. The first kappa shape index (κ1) is 19.7. The van der Waals surface area contributed by atoms with Crippen LogP contribution in [0.15, 0.2) is 84.9 Å². The SMILES string of the molecule is NC(=O)c1ccc(N2CCN(C(=O)C(c3ccccc3)c3ccccc3)CC2)cc1. The number of rotatable bonds is 5. The smallest absolute Gasteiger partial charge is 0.248 e. The average Bonchev–Trinajstić information content (AvgIpc) is 2.81. The first-order valence-electron chi connectivity index (χ1n) is 10.2. The van der Waals surface area contributed by atoms with Crippen LogP contribution in [0.5, 0.6) is 0 Å². The second kappa shape index (κ2) is 8.82. The Bertz CT molecular complexity index is 956. The standard InChI is InChI=1S/C25H25N3O2/c26-24(29)21-11-13-22(14-12-21)27-15-17-28(18-16-27)25(30)23(19-7-3-1-4-8-19)20-9-5-2-6-10-20/h1-14,23H,15-18H2,(H2,26,29). The number of amides is 2. The molecule has 5 heteroatoms. The Morgan fingerprint density at radius 3 is 1.67 bits per heavy atom. The molecule has 2 N–H and O–H groups in total. The van der Waals surface area contributed by atoms with Gasteiger partial charge >= 0.3 is 0 Å². The fourth-order valence-corrected chi connectivity index (χ4v) is 3.97. The Labute approximate surface area is 176 Å². The van der Waals surface area contributed by atoms with Crippen LogP contribution in [0.25, 0.3) is 0 Å². The third-order valence-corrected chi connectivity index (χ3v) is 5.62. The second-order valence-electron chi connectivity index (χ2n) is 7.48. The summed E-state index contributed by atoms with van der Waals surface area (Å²) in [5.41, 5.74) is 8.88. The van der Waals surface area contributed by atoms with Crippen molar-refractivity contribution >= 4 is 17.5 Å². The Balaban J connectivity index is 1.48. The van der Waals surface area contributed by atoms with Gasteiger partial charge < -0.3 is 15.5 Å². The Morgan fingerprint density at radius 2 is 1.20 bits per heavy atom. The Hall–Kier alpha value is -3.60. The normalized spacial score (nSPS) is 14.0. The molecule has 5 nitrogen and oxygen atoms in total. The zero-order valence-corrected chi connectivity index (χ0v) is 16.8. The van der Waals surface area contributed by atoms with Crippen LogP contribution in [0.4, 0.5) is 5.69 Å². The molecule has 0 saturated carbocycles. The zero-order valence-electron chi connectivity index (χ0n) is 16.8. The van der Waals surface area contributed by atoms with Gasteiger partial charge in [0.25, 0.3) is 0 Å². The summed E-state index contributed by atoms with van der Waals surface area (Å²) in [5, 5.41) is 0. The fourth-order valence-electron chi connectivity index (χ4n) is 3.97. The molecule has 30 heavy (non-hydrogen) atoms. The molecular formula is C25H25N3O2. The molecule has 1 aliphatic rings. The van der Waals surface area contributed by atoms with E-state index < -0.39 is 5.91 Å². The average molecular weight is 399 g/mol. The topological polar surface area (TPSA) is 66.6 Å². The number of hydrogen-bond donors (Lipinski definition) is 1. The van der Waals surface area contributed by atoms with Crippen LogP contribution in [-0.2, 0) is 4.79 Å². The summed E-state index contributed by atoms with van der Waals surface area (Å²) in [7, 11) is 0. The third kappa shape index (κ3) is 4.20. The molecule has 0 spiro atoms. The highest BCUT2D eigenvalue weighted by Crippen LogP contribution is 2.28. The molecule has 0 bridgehead atoms. The van der Waals surface area contributed by atoms with Gasteiger partial charge in [-0.05, 0) is 35.4 Å². The van der Waals surface area contributed by atoms with Gasteiger partial charge in [-0.15, -0.1) is 0 Å². The number of benzene rings is 3. The predicted octanol–water partition coefficient (Wildman–Crippen LogP) is 3.27. The van der Waals surface area contributed by atoms with Crippen molar-refractivity contribution in [1.29, 1.82) is 0 Å². The maximum absolute atomic E-state index is 13.5. The number of carbonyl (C=O) groups excluding carboxylic acids is 2. The minimum absolute atomic E-state index is 0.135. The van der Waals surface area contributed by atoms with E-state index in [1.54, 1.807) is 12.1 Å². The number of primary amides is 1. The number of carbonyl (C=O) groups is 2. The Morgan fingerprint density at radius 1 is 0.700 bits per heavy atom. The summed E-state index contributed by atoms with van der Waals surface area (Å²) in [6.07, 6.45) is 0. The van der Waals surface area contributed by atoms with Gasteiger partial charge in [0, 0.05) is 37.4 Å². The van der Waals surface area contributed by atoms with E-state index >= 15 is 0 Å². The molecule has 0 aromatic heterocycles. The molecule has 3 aromatic carbocycles. The second-order valence-corrected chi connectivity index (χ2v) is 7.48. The molecule has 0 radical (unpaired) electrons. The molecule has 2 amide bonds. The van der Waals surface area contributed by atoms with Crippen molar-refractivity contribution in [1.82, 2.24) is 4.90 Å². The summed E-state index contributed by atoms with van der Waals surface area (Å²) >= 11 is 0. The monoisotopic (exact) mass is 399 g/mol. The van der Waals surface area contributed by atoms with Crippen LogP contribution in [0, 0.1) is 0 Å². The van der Waals surface area contributed by atoms with Crippen molar-refractivity contribution in [2.45, 2.75) is 5.92 Å². The molecule has 1 heterocycles. The molecule has 4 rings (SSSR count). The van der Waals surface area contributed by atoms with E-state index in [0.717, 1.165) is 29.9 Å². The van der Waals surface area contributed by atoms with E-state index in [2.05, 4.69) is 4.90 Å². The van der Waals surface area contributed by atoms with Crippen molar-refractivity contribution < 1.29 is 9.59 Å². The van der Waals surface area contributed by atoms with Gasteiger partial charge in [0.15, 0.2) is 0 Å². The van der Waals surface area contributed by atoms with Crippen LogP contribution in [0.2, 0.25) is 0 Å². The quantitative estimate of drug-likeness (QED) is 0.716. The van der Waals surface area contributed by atoms with Gasteiger partial charge in [-0.2, -0.15) is 0 Å². The van der Waals surface area contributed by atoms with E-state index in [1.165, 1.54) is 0 Å². The number of anilines is 1. The van der Waals surface area contributed by atoms with Crippen LogP contribution >= 0.6 is 0 Å². The van der Waals surface area contributed by atoms with E-state index in [1.807, 2.05) is 77.7 Å². The van der Waals surface area contributed by atoms with E-state index in [0.29, 0.717) is 18.7 Å². The van der Waals surface area contributed by atoms with E-state index in [9.17, 15) is 9.59 Å². The molecule has 152 valence electrons. The predicted molar refractivity (Wildman–Crippen MR) is 118 cm³/mol. The molecule has 1 saturated heterocycles. The van der Waals surface area contributed by atoms with Crippen LogP contribution in [0.3, 0.4) is 0 Å². The lowest BCUT2D eigenvalue weighted by molar-refractivity contribution is -0.132. The van der Waals surface area contributed by atoms with Gasteiger partial charge in [-0.1, -0.05) is 60.7 Å². The molecule has 0 aliphatic carbocycles. The maximum atomic E-state index is 13.5. The zero-order chi connectivity index (χ0) is 20.9. The first-order chi connectivity index (χ1) is 14.6. The van der Waals surface area contributed by atoms with Crippen molar-refractivity contribution in [3.63, 3.8) is 0 Å². The van der Waals surface area contributed by atoms with Crippen LogP contribution < -0.4 is 10.6 Å². The van der Waals surface area contributed by atoms with Gasteiger partial charge in [-0.25, -0.2) is 0 Å².